The quantitative estimate of drug-likeness (QED) is 0.879. The Kier molecular flexibility index (Phi) is 4.97. The Hall–Kier alpha value is -2.58. The van der Waals surface area contributed by atoms with Gasteiger partial charge in [-0.3, -0.25) is 4.79 Å². The number of benzene rings is 2. The molecule has 0 amide bonds. The van der Waals surface area contributed by atoms with Gasteiger partial charge in [0.05, 0.1) is 17.1 Å². The van der Waals surface area contributed by atoms with Crippen molar-refractivity contribution < 1.29 is 18.3 Å². The molecule has 2 aromatic carbocycles. The van der Waals surface area contributed by atoms with E-state index in [0.29, 0.717) is 5.56 Å². The molecule has 0 heterocycles. The fraction of sp³-hybridized carbons (Fsp3) is 0.118. The minimum atomic E-state index is -3.57. The lowest BCUT2D eigenvalue weighted by Gasteiger charge is -2.02. The fourth-order valence-corrected chi connectivity index (χ4v) is 2.98. The van der Waals surface area contributed by atoms with Gasteiger partial charge in [0.2, 0.25) is 0 Å². The van der Waals surface area contributed by atoms with Crippen LogP contribution < -0.4 is 0 Å². The van der Waals surface area contributed by atoms with E-state index in [1.165, 1.54) is 12.1 Å². The molecular formula is C17H14O4S. The molecule has 2 rings (SSSR count). The second-order valence-electron chi connectivity index (χ2n) is 4.60. The lowest BCUT2D eigenvalue weighted by atomic mass is 10.2. The van der Waals surface area contributed by atoms with Crippen LogP contribution in [-0.2, 0) is 14.6 Å². The van der Waals surface area contributed by atoms with Crippen LogP contribution in [0.5, 0.6) is 0 Å². The van der Waals surface area contributed by atoms with Crippen molar-refractivity contribution in [2.75, 3.05) is 5.75 Å². The maximum absolute atomic E-state index is 11.9. The van der Waals surface area contributed by atoms with Gasteiger partial charge in [0, 0.05) is 11.1 Å². The van der Waals surface area contributed by atoms with E-state index in [0.717, 1.165) is 5.56 Å². The SMILES string of the molecule is O=C(O)CCS(=O)(=O)c1ccc(C#Cc2ccccc2)cc1. The molecule has 0 aliphatic carbocycles. The molecule has 0 aromatic heterocycles. The summed E-state index contributed by atoms with van der Waals surface area (Å²) in [5.41, 5.74) is 1.57. The van der Waals surface area contributed by atoms with Crippen molar-refractivity contribution in [1.82, 2.24) is 0 Å². The van der Waals surface area contributed by atoms with Crippen molar-refractivity contribution in [3.63, 3.8) is 0 Å². The summed E-state index contributed by atoms with van der Waals surface area (Å²) >= 11 is 0. The number of carboxylic acids is 1. The summed E-state index contributed by atoms with van der Waals surface area (Å²) < 4.78 is 23.9. The third-order valence-electron chi connectivity index (χ3n) is 2.92. The summed E-state index contributed by atoms with van der Waals surface area (Å²) in [5, 5.41) is 8.56. The van der Waals surface area contributed by atoms with E-state index in [1.54, 1.807) is 12.1 Å². The summed E-state index contributed by atoms with van der Waals surface area (Å²) in [6, 6.07) is 15.6. The van der Waals surface area contributed by atoms with E-state index >= 15 is 0 Å². The highest BCUT2D eigenvalue weighted by Gasteiger charge is 2.15. The standard InChI is InChI=1S/C17H14O4S/c18-17(19)12-13-22(20,21)16-10-8-15(9-11-16)7-6-14-4-2-1-3-5-14/h1-5,8-11H,12-13H2,(H,18,19). The van der Waals surface area contributed by atoms with Crippen LogP contribution in [0.15, 0.2) is 59.5 Å². The Labute approximate surface area is 129 Å². The molecule has 0 spiro atoms. The normalized spacial score (nSPS) is 10.5. The maximum atomic E-state index is 11.9. The predicted octanol–water partition coefficient (Wildman–Crippen LogP) is 2.33. The molecule has 2 aromatic rings. The summed E-state index contributed by atoms with van der Waals surface area (Å²) in [5.74, 6) is 4.40. The molecule has 0 saturated carbocycles. The lowest BCUT2D eigenvalue weighted by Crippen LogP contribution is -2.10. The van der Waals surface area contributed by atoms with Crippen molar-refractivity contribution >= 4 is 15.8 Å². The Bertz CT molecular complexity index is 810. The van der Waals surface area contributed by atoms with E-state index in [9.17, 15) is 13.2 Å². The summed E-state index contributed by atoms with van der Waals surface area (Å²) in [6.45, 7) is 0. The average Bonchev–Trinajstić information content (AvgIpc) is 2.52. The Morgan fingerprint density at radius 1 is 0.909 bits per heavy atom. The van der Waals surface area contributed by atoms with Crippen LogP contribution >= 0.6 is 0 Å². The van der Waals surface area contributed by atoms with E-state index in [-0.39, 0.29) is 4.90 Å². The van der Waals surface area contributed by atoms with Crippen molar-refractivity contribution in [3.05, 3.63) is 65.7 Å². The summed E-state index contributed by atoms with van der Waals surface area (Å²) in [4.78, 5) is 10.6. The summed E-state index contributed by atoms with van der Waals surface area (Å²) in [7, 11) is -3.57. The van der Waals surface area contributed by atoms with E-state index in [1.807, 2.05) is 30.3 Å². The van der Waals surface area contributed by atoms with Gasteiger partial charge in [0.25, 0.3) is 0 Å². The predicted molar refractivity (Wildman–Crippen MR) is 83.2 cm³/mol. The second kappa shape index (κ2) is 6.92. The molecule has 0 aliphatic rings. The van der Waals surface area contributed by atoms with Crippen LogP contribution in [0.2, 0.25) is 0 Å². The topological polar surface area (TPSA) is 71.4 Å². The first kappa shape index (κ1) is 15.8. The largest absolute Gasteiger partial charge is 0.481 e. The maximum Gasteiger partial charge on any atom is 0.304 e. The third-order valence-corrected chi connectivity index (χ3v) is 4.66. The monoisotopic (exact) mass is 314 g/mol. The molecule has 0 saturated heterocycles. The van der Waals surface area contributed by atoms with Crippen molar-refractivity contribution in [2.24, 2.45) is 0 Å². The molecule has 0 aliphatic heterocycles. The molecule has 0 atom stereocenters. The molecule has 1 N–H and O–H groups in total. The van der Waals surface area contributed by atoms with Gasteiger partial charge < -0.3 is 5.11 Å². The lowest BCUT2D eigenvalue weighted by molar-refractivity contribution is -0.136. The van der Waals surface area contributed by atoms with Crippen molar-refractivity contribution in [3.8, 4) is 11.8 Å². The van der Waals surface area contributed by atoms with Crippen LogP contribution in [0.3, 0.4) is 0 Å². The zero-order chi connectivity index (χ0) is 16.0. The van der Waals surface area contributed by atoms with Crippen LogP contribution in [-0.4, -0.2) is 25.2 Å². The first-order chi connectivity index (χ1) is 10.5. The number of hydrogen-bond acceptors (Lipinski definition) is 3. The second-order valence-corrected chi connectivity index (χ2v) is 6.71. The number of sulfone groups is 1. The zero-order valence-corrected chi connectivity index (χ0v) is 12.5. The molecular weight excluding hydrogens is 300 g/mol. The van der Waals surface area contributed by atoms with E-state index in [4.69, 9.17) is 5.11 Å². The summed E-state index contributed by atoms with van der Waals surface area (Å²) in [6.07, 6.45) is -0.405. The minimum absolute atomic E-state index is 0.110. The fourth-order valence-electron chi connectivity index (χ4n) is 1.75. The highest BCUT2D eigenvalue weighted by Crippen LogP contribution is 2.13. The van der Waals surface area contributed by atoms with Crippen LogP contribution in [0, 0.1) is 11.8 Å². The molecule has 0 radical (unpaired) electrons. The highest BCUT2D eigenvalue weighted by molar-refractivity contribution is 7.91. The van der Waals surface area contributed by atoms with Crippen molar-refractivity contribution in [2.45, 2.75) is 11.3 Å². The van der Waals surface area contributed by atoms with Gasteiger partial charge in [-0.15, -0.1) is 0 Å². The van der Waals surface area contributed by atoms with E-state index in [2.05, 4.69) is 11.8 Å². The zero-order valence-electron chi connectivity index (χ0n) is 11.7. The Morgan fingerprint density at radius 2 is 1.45 bits per heavy atom. The van der Waals surface area contributed by atoms with E-state index < -0.39 is 28.0 Å². The number of hydrogen-bond donors (Lipinski definition) is 1. The van der Waals surface area contributed by atoms with Crippen LogP contribution in [0.25, 0.3) is 0 Å². The molecule has 0 bridgehead atoms. The highest BCUT2D eigenvalue weighted by atomic mass is 32.2. The van der Waals surface area contributed by atoms with Crippen LogP contribution in [0.4, 0.5) is 0 Å². The first-order valence-electron chi connectivity index (χ1n) is 6.59. The minimum Gasteiger partial charge on any atom is -0.481 e. The molecule has 22 heavy (non-hydrogen) atoms. The molecule has 0 unspecified atom stereocenters. The van der Waals surface area contributed by atoms with Gasteiger partial charge in [-0.25, -0.2) is 8.42 Å². The molecule has 4 nitrogen and oxygen atoms in total. The molecule has 5 heteroatoms. The number of aliphatic carboxylic acids is 1. The van der Waals surface area contributed by atoms with Gasteiger partial charge in [-0.2, -0.15) is 0 Å². The van der Waals surface area contributed by atoms with Crippen molar-refractivity contribution in [1.29, 1.82) is 0 Å². The number of rotatable bonds is 4. The molecule has 0 fully saturated rings. The Morgan fingerprint density at radius 3 is 2.00 bits per heavy atom. The first-order valence-corrected chi connectivity index (χ1v) is 8.24. The molecule has 112 valence electrons. The van der Waals surface area contributed by atoms with Crippen LogP contribution in [0.1, 0.15) is 17.5 Å². The van der Waals surface area contributed by atoms with Gasteiger partial charge >= 0.3 is 5.97 Å². The smallest absolute Gasteiger partial charge is 0.304 e. The number of carboxylic acid groups (broad SMARTS) is 1. The van der Waals surface area contributed by atoms with Gasteiger partial charge in [0.1, 0.15) is 0 Å². The van der Waals surface area contributed by atoms with Gasteiger partial charge in [-0.1, -0.05) is 30.0 Å². The average molecular weight is 314 g/mol. The van der Waals surface area contributed by atoms with Gasteiger partial charge in [0.15, 0.2) is 9.84 Å². The van der Waals surface area contributed by atoms with Gasteiger partial charge in [-0.05, 0) is 36.4 Å². The third kappa shape index (κ3) is 4.47. The number of carbonyl (C=O) groups is 1. The Balaban J connectivity index is 2.14.